The number of hydrogen-bond donors (Lipinski definition) is 5. The van der Waals surface area contributed by atoms with Crippen LogP contribution in [0.2, 0.25) is 0 Å². The second-order valence-corrected chi connectivity index (χ2v) is 2.23. The highest BCUT2D eigenvalue weighted by Crippen LogP contribution is 2.06. The van der Waals surface area contributed by atoms with Gasteiger partial charge in [-0.25, -0.2) is 11.7 Å². The van der Waals surface area contributed by atoms with Crippen LogP contribution in [0, 0.1) is 0 Å². The Bertz CT molecular complexity index is 301. The van der Waals surface area contributed by atoms with Gasteiger partial charge in [0.1, 0.15) is 0 Å². The summed E-state index contributed by atoms with van der Waals surface area (Å²) in [7, 11) is 0. The highest BCUT2D eigenvalue weighted by molar-refractivity contribution is 6.06. The number of carbonyl (C=O) groups is 2. The van der Waals surface area contributed by atoms with E-state index in [1.54, 1.807) is 0 Å². The molecule has 70 valence electrons. The molecule has 0 aromatic carbocycles. The van der Waals surface area contributed by atoms with E-state index >= 15 is 0 Å². The Morgan fingerprint density at radius 2 is 1.46 bits per heavy atom. The van der Waals surface area contributed by atoms with Crippen molar-refractivity contribution in [3.8, 4) is 0 Å². The smallest absolute Gasteiger partial charge is 0.267 e. The third-order valence-electron chi connectivity index (χ3n) is 1.50. The number of H-pyrrole nitrogens is 1. The number of rotatable bonds is 2. The zero-order valence-electron chi connectivity index (χ0n) is 6.63. The van der Waals surface area contributed by atoms with Gasteiger partial charge < -0.3 is 4.98 Å². The van der Waals surface area contributed by atoms with Crippen molar-refractivity contribution >= 4 is 11.8 Å². The summed E-state index contributed by atoms with van der Waals surface area (Å²) in [5, 5.41) is 0. The van der Waals surface area contributed by atoms with Crippen molar-refractivity contribution in [1.82, 2.24) is 15.8 Å². The van der Waals surface area contributed by atoms with Crippen molar-refractivity contribution < 1.29 is 9.59 Å². The quantitative estimate of drug-likeness (QED) is 0.211. The van der Waals surface area contributed by atoms with Gasteiger partial charge in [0.2, 0.25) is 0 Å². The van der Waals surface area contributed by atoms with Gasteiger partial charge in [-0.15, -0.1) is 0 Å². The van der Waals surface area contributed by atoms with Crippen molar-refractivity contribution in [3.05, 3.63) is 23.5 Å². The summed E-state index contributed by atoms with van der Waals surface area (Å²) < 4.78 is 0. The van der Waals surface area contributed by atoms with Gasteiger partial charge >= 0.3 is 0 Å². The fraction of sp³-hybridized carbons (Fsp3) is 0. The van der Waals surface area contributed by atoms with Crippen molar-refractivity contribution in [2.45, 2.75) is 0 Å². The second-order valence-electron chi connectivity index (χ2n) is 2.23. The predicted octanol–water partition coefficient (Wildman–Crippen LogP) is -1.78. The molecule has 13 heavy (non-hydrogen) atoms. The number of hydrazine groups is 2. The van der Waals surface area contributed by atoms with E-state index < -0.39 is 11.8 Å². The van der Waals surface area contributed by atoms with Gasteiger partial charge in [-0.3, -0.25) is 20.4 Å². The molecular formula is C6H9N5O2. The van der Waals surface area contributed by atoms with E-state index in [4.69, 9.17) is 11.7 Å². The molecule has 0 atom stereocenters. The van der Waals surface area contributed by atoms with Crippen molar-refractivity contribution in [1.29, 1.82) is 0 Å². The lowest BCUT2D eigenvalue weighted by Gasteiger charge is -1.99. The highest BCUT2D eigenvalue weighted by Gasteiger charge is 2.16. The molecule has 7 nitrogen and oxygen atoms in total. The van der Waals surface area contributed by atoms with Gasteiger partial charge in [0.15, 0.2) is 0 Å². The van der Waals surface area contributed by atoms with Crippen molar-refractivity contribution in [3.63, 3.8) is 0 Å². The molecule has 1 aromatic rings. The summed E-state index contributed by atoms with van der Waals surface area (Å²) >= 11 is 0. The Morgan fingerprint density at radius 3 is 1.77 bits per heavy atom. The summed E-state index contributed by atoms with van der Waals surface area (Å²) in [6, 6.07) is 0. The minimum absolute atomic E-state index is 0.144. The number of carbonyl (C=O) groups excluding carboxylic acids is 2. The summed E-state index contributed by atoms with van der Waals surface area (Å²) in [5.74, 6) is 8.68. The molecule has 0 fully saturated rings. The minimum atomic E-state index is -0.556. The molecule has 0 saturated carbocycles. The van der Waals surface area contributed by atoms with Gasteiger partial charge in [0.05, 0.1) is 11.1 Å². The SMILES string of the molecule is NNC(=O)c1c[nH]cc1C(=O)NN. The van der Waals surface area contributed by atoms with Gasteiger partial charge in [-0.1, -0.05) is 0 Å². The molecule has 0 unspecified atom stereocenters. The third-order valence-corrected chi connectivity index (χ3v) is 1.50. The van der Waals surface area contributed by atoms with E-state index in [1.165, 1.54) is 12.4 Å². The van der Waals surface area contributed by atoms with Crippen LogP contribution in [0.15, 0.2) is 12.4 Å². The fourth-order valence-electron chi connectivity index (χ4n) is 0.895. The molecule has 1 aromatic heterocycles. The van der Waals surface area contributed by atoms with Gasteiger partial charge in [-0.2, -0.15) is 0 Å². The van der Waals surface area contributed by atoms with E-state index in [-0.39, 0.29) is 11.1 Å². The maximum Gasteiger partial charge on any atom is 0.267 e. The summed E-state index contributed by atoms with van der Waals surface area (Å²) in [6.07, 6.45) is 2.71. The number of hydrogen-bond acceptors (Lipinski definition) is 4. The van der Waals surface area contributed by atoms with Crippen LogP contribution in [0.25, 0.3) is 0 Å². The van der Waals surface area contributed by atoms with Crippen LogP contribution < -0.4 is 22.5 Å². The summed E-state index contributed by atoms with van der Waals surface area (Å²) in [6.45, 7) is 0. The molecule has 0 bridgehead atoms. The Kier molecular flexibility index (Phi) is 2.62. The molecule has 0 spiro atoms. The Hall–Kier alpha value is -1.86. The van der Waals surface area contributed by atoms with Crippen LogP contribution in [0.4, 0.5) is 0 Å². The molecule has 7 heteroatoms. The van der Waals surface area contributed by atoms with Gasteiger partial charge in [0.25, 0.3) is 11.8 Å². The number of aromatic amines is 1. The zero-order valence-corrected chi connectivity index (χ0v) is 6.63. The summed E-state index contributed by atoms with van der Waals surface area (Å²) in [5.41, 5.74) is 4.10. The molecule has 1 heterocycles. The first-order chi connectivity index (χ1) is 6.20. The van der Waals surface area contributed by atoms with Crippen LogP contribution in [0.1, 0.15) is 20.7 Å². The fourth-order valence-corrected chi connectivity index (χ4v) is 0.895. The topological polar surface area (TPSA) is 126 Å². The molecule has 0 saturated heterocycles. The highest BCUT2D eigenvalue weighted by atomic mass is 16.2. The zero-order chi connectivity index (χ0) is 9.84. The molecule has 7 N–H and O–H groups in total. The minimum Gasteiger partial charge on any atom is -0.366 e. The standard InChI is InChI=1S/C6H9N5O2/c7-10-5(12)3-1-9-2-4(3)6(13)11-8/h1-2,9H,7-8H2,(H,10,12)(H,11,13). The van der Waals surface area contributed by atoms with Crippen LogP contribution in [-0.2, 0) is 0 Å². The average Bonchev–Trinajstić information content (AvgIpc) is 2.63. The normalized spacial score (nSPS) is 9.38. The molecule has 0 aliphatic rings. The van der Waals surface area contributed by atoms with E-state index in [0.29, 0.717) is 0 Å². The van der Waals surface area contributed by atoms with E-state index in [1.807, 2.05) is 10.9 Å². The van der Waals surface area contributed by atoms with Crippen molar-refractivity contribution in [2.75, 3.05) is 0 Å². The monoisotopic (exact) mass is 183 g/mol. The Labute approximate surface area is 73.4 Å². The maximum absolute atomic E-state index is 11.0. The van der Waals surface area contributed by atoms with E-state index in [9.17, 15) is 9.59 Å². The van der Waals surface area contributed by atoms with Crippen LogP contribution in [0.3, 0.4) is 0 Å². The lowest BCUT2D eigenvalue weighted by Crippen LogP contribution is -2.34. The first-order valence-electron chi connectivity index (χ1n) is 3.39. The molecule has 0 aliphatic heterocycles. The number of nitrogen functional groups attached to an aromatic ring is 2. The lowest BCUT2D eigenvalue weighted by atomic mass is 10.2. The first-order valence-corrected chi connectivity index (χ1v) is 3.39. The Balaban J connectivity index is 3.02. The molecular weight excluding hydrogens is 174 g/mol. The molecule has 0 radical (unpaired) electrons. The first kappa shape index (κ1) is 9.23. The third kappa shape index (κ3) is 1.66. The number of nitrogens with one attached hydrogen (secondary N) is 3. The number of amides is 2. The number of nitrogens with two attached hydrogens (primary N) is 2. The number of aromatic nitrogens is 1. The lowest BCUT2D eigenvalue weighted by molar-refractivity contribution is 0.0920. The van der Waals surface area contributed by atoms with E-state index in [2.05, 4.69) is 4.98 Å². The molecule has 1 rings (SSSR count). The van der Waals surface area contributed by atoms with Gasteiger partial charge in [-0.05, 0) is 0 Å². The largest absolute Gasteiger partial charge is 0.366 e. The van der Waals surface area contributed by atoms with E-state index in [0.717, 1.165) is 0 Å². The molecule has 2 amide bonds. The second kappa shape index (κ2) is 3.70. The average molecular weight is 183 g/mol. The van der Waals surface area contributed by atoms with Crippen LogP contribution >= 0.6 is 0 Å². The Morgan fingerprint density at radius 1 is 1.08 bits per heavy atom. The van der Waals surface area contributed by atoms with Crippen molar-refractivity contribution in [2.24, 2.45) is 11.7 Å². The predicted molar refractivity (Wildman–Crippen MR) is 44.1 cm³/mol. The maximum atomic E-state index is 11.0. The molecule has 0 aliphatic carbocycles. The summed E-state index contributed by atoms with van der Waals surface area (Å²) in [4.78, 5) is 24.7. The van der Waals surface area contributed by atoms with Gasteiger partial charge in [0, 0.05) is 12.4 Å². The van der Waals surface area contributed by atoms with Crippen LogP contribution in [0.5, 0.6) is 0 Å². The van der Waals surface area contributed by atoms with Crippen LogP contribution in [-0.4, -0.2) is 16.8 Å².